The van der Waals surface area contributed by atoms with E-state index in [4.69, 9.17) is 0 Å². The molecule has 0 radical (unpaired) electrons. The third-order valence-electron chi connectivity index (χ3n) is 3.26. The first-order valence-corrected chi connectivity index (χ1v) is 7.93. The first-order chi connectivity index (χ1) is 10.3. The van der Waals surface area contributed by atoms with Crippen molar-refractivity contribution in [2.75, 3.05) is 17.2 Å². The summed E-state index contributed by atoms with van der Waals surface area (Å²) in [6.07, 6.45) is 2.69. The Balaban J connectivity index is 1.87. The lowest BCUT2D eigenvalue weighted by Crippen LogP contribution is -2.07. The number of rotatable bonds is 6. The Morgan fingerprint density at radius 1 is 1.24 bits per heavy atom. The van der Waals surface area contributed by atoms with Crippen LogP contribution in [0, 0.1) is 0 Å². The van der Waals surface area contributed by atoms with Gasteiger partial charge in [-0.1, -0.05) is 6.92 Å². The lowest BCUT2D eigenvalue weighted by Gasteiger charge is -2.09. The van der Waals surface area contributed by atoms with Crippen molar-refractivity contribution < 1.29 is 0 Å². The second kappa shape index (κ2) is 6.09. The zero-order valence-electron chi connectivity index (χ0n) is 12.1. The molecule has 7 heteroatoms. The topological polar surface area (TPSA) is 78.5 Å². The summed E-state index contributed by atoms with van der Waals surface area (Å²) in [4.78, 5) is 17.5. The lowest BCUT2D eigenvalue weighted by molar-refractivity contribution is 1.05. The second-order valence-electron chi connectivity index (χ2n) is 4.60. The molecular weight excluding hydrogens is 284 g/mol. The van der Waals surface area contributed by atoms with Crippen LogP contribution in [0.2, 0.25) is 0 Å². The second-order valence-corrected chi connectivity index (χ2v) is 5.60. The molecule has 110 valence electrons. The molecule has 0 aliphatic carbocycles. The van der Waals surface area contributed by atoms with Crippen molar-refractivity contribution in [2.45, 2.75) is 26.8 Å². The first-order valence-electron chi connectivity index (χ1n) is 7.06. The molecule has 0 fully saturated rings. The van der Waals surface area contributed by atoms with Gasteiger partial charge in [0.15, 0.2) is 11.5 Å². The van der Waals surface area contributed by atoms with Gasteiger partial charge in [-0.25, -0.2) is 4.98 Å². The molecule has 0 aliphatic rings. The Morgan fingerprint density at radius 2 is 2.14 bits per heavy atom. The van der Waals surface area contributed by atoms with Gasteiger partial charge in [0.05, 0.1) is 12.9 Å². The summed E-state index contributed by atoms with van der Waals surface area (Å²) < 4.78 is 0. The molecule has 0 saturated carbocycles. The summed E-state index contributed by atoms with van der Waals surface area (Å²) in [6.45, 7) is 5.73. The summed E-state index contributed by atoms with van der Waals surface area (Å²) in [5.74, 6) is 1.38. The summed E-state index contributed by atoms with van der Waals surface area (Å²) in [7, 11) is 0. The molecule has 0 amide bonds. The quantitative estimate of drug-likeness (QED) is 0.652. The van der Waals surface area contributed by atoms with Crippen molar-refractivity contribution in [2.24, 2.45) is 0 Å². The number of imidazole rings is 1. The van der Waals surface area contributed by atoms with Crippen LogP contribution >= 0.6 is 11.3 Å². The predicted octanol–water partition coefficient (Wildman–Crippen LogP) is 3.02. The number of aromatic nitrogens is 4. The van der Waals surface area contributed by atoms with E-state index in [2.05, 4.69) is 48.9 Å². The van der Waals surface area contributed by atoms with Crippen LogP contribution in [0.5, 0.6) is 0 Å². The largest absolute Gasteiger partial charge is 0.363 e. The van der Waals surface area contributed by atoms with Crippen LogP contribution < -0.4 is 10.6 Å². The molecule has 0 saturated heterocycles. The van der Waals surface area contributed by atoms with Crippen LogP contribution in [0.4, 0.5) is 11.8 Å². The van der Waals surface area contributed by atoms with E-state index < -0.39 is 0 Å². The Morgan fingerprint density at radius 3 is 2.95 bits per heavy atom. The summed E-state index contributed by atoms with van der Waals surface area (Å²) in [5, 5.41) is 8.66. The Kier molecular flexibility index (Phi) is 4.01. The molecule has 0 bridgehead atoms. The number of anilines is 2. The minimum Gasteiger partial charge on any atom is -0.363 e. The van der Waals surface area contributed by atoms with Gasteiger partial charge in [0, 0.05) is 11.4 Å². The van der Waals surface area contributed by atoms with Gasteiger partial charge in [-0.2, -0.15) is 9.97 Å². The van der Waals surface area contributed by atoms with Gasteiger partial charge in [-0.3, -0.25) is 0 Å². The summed E-state index contributed by atoms with van der Waals surface area (Å²) >= 11 is 1.77. The van der Waals surface area contributed by atoms with Crippen molar-refractivity contribution >= 4 is 34.3 Å². The normalized spacial score (nSPS) is 11.0. The minimum absolute atomic E-state index is 0.599. The van der Waals surface area contributed by atoms with Gasteiger partial charge >= 0.3 is 0 Å². The van der Waals surface area contributed by atoms with Crippen molar-refractivity contribution in [3.05, 3.63) is 28.2 Å². The van der Waals surface area contributed by atoms with Crippen molar-refractivity contribution in [1.29, 1.82) is 0 Å². The van der Waals surface area contributed by atoms with E-state index >= 15 is 0 Å². The highest BCUT2D eigenvalue weighted by molar-refractivity contribution is 7.10. The molecule has 3 aromatic heterocycles. The number of aromatic amines is 1. The van der Waals surface area contributed by atoms with Gasteiger partial charge in [-0.15, -0.1) is 11.3 Å². The van der Waals surface area contributed by atoms with Crippen molar-refractivity contribution in [3.63, 3.8) is 0 Å². The number of H-pyrrole nitrogens is 1. The first kappa shape index (κ1) is 13.8. The van der Waals surface area contributed by atoms with E-state index in [1.54, 1.807) is 17.7 Å². The zero-order valence-corrected chi connectivity index (χ0v) is 12.9. The third kappa shape index (κ3) is 2.82. The monoisotopic (exact) mass is 302 g/mol. The maximum atomic E-state index is 4.52. The van der Waals surface area contributed by atoms with E-state index in [0.29, 0.717) is 11.6 Å². The van der Waals surface area contributed by atoms with Crippen LogP contribution in [0.15, 0.2) is 17.8 Å². The van der Waals surface area contributed by atoms with Gasteiger partial charge in [0.25, 0.3) is 0 Å². The molecule has 0 unspecified atom stereocenters. The van der Waals surface area contributed by atoms with Crippen LogP contribution in [-0.2, 0) is 13.0 Å². The molecule has 3 aromatic rings. The average molecular weight is 302 g/mol. The number of hydrogen-bond donors (Lipinski definition) is 3. The maximum absolute atomic E-state index is 4.52. The maximum Gasteiger partial charge on any atom is 0.226 e. The summed E-state index contributed by atoms with van der Waals surface area (Å²) in [5.41, 5.74) is 2.89. The highest BCUT2D eigenvalue weighted by Crippen LogP contribution is 2.22. The van der Waals surface area contributed by atoms with Crippen LogP contribution in [0.3, 0.4) is 0 Å². The molecule has 3 N–H and O–H groups in total. The molecule has 6 nitrogen and oxygen atoms in total. The molecule has 3 rings (SSSR count). The molecule has 0 atom stereocenters. The number of thiophene rings is 1. The van der Waals surface area contributed by atoms with E-state index in [1.807, 2.05) is 6.92 Å². The van der Waals surface area contributed by atoms with Gasteiger partial charge < -0.3 is 15.6 Å². The molecule has 21 heavy (non-hydrogen) atoms. The Bertz CT molecular complexity index is 732. The summed E-state index contributed by atoms with van der Waals surface area (Å²) in [6, 6.07) is 2.18. The number of nitrogens with one attached hydrogen (secondary N) is 3. The van der Waals surface area contributed by atoms with E-state index in [9.17, 15) is 0 Å². The zero-order chi connectivity index (χ0) is 14.7. The lowest BCUT2D eigenvalue weighted by atomic mass is 10.2. The Labute approximate surface area is 127 Å². The SMILES string of the molecule is CCNc1nc(NCc2sccc2CC)c2[nH]cnc2n1. The number of nitrogens with zero attached hydrogens (tertiary/aromatic N) is 3. The molecule has 0 aromatic carbocycles. The number of hydrogen-bond acceptors (Lipinski definition) is 6. The van der Waals surface area contributed by atoms with E-state index in [-0.39, 0.29) is 0 Å². The van der Waals surface area contributed by atoms with Gasteiger partial charge in [0.2, 0.25) is 5.95 Å². The minimum atomic E-state index is 0.599. The highest BCUT2D eigenvalue weighted by atomic mass is 32.1. The fraction of sp³-hybridized carbons (Fsp3) is 0.357. The predicted molar refractivity (Wildman–Crippen MR) is 86.9 cm³/mol. The molecular formula is C14H18N6S. The molecule has 0 aliphatic heterocycles. The number of fused-ring (bicyclic) bond motifs is 1. The van der Waals surface area contributed by atoms with Crippen molar-refractivity contribution in [1.82, 2.24) is 19.9 Å². The van der Waals surface area contributed by atoms with Crippen LogP contribution in [0.25, 0.3) is 11.2 Å². The van der Waals surface area contributed by atoms with Gasteiger partial charge in [-0.05, 0) is 30.4 Å². The number of aryl methyl sites for hydroxylation is 1. The van der Waals surface area contributed by atoms with Crippen LogP contribution in [0.1, 0.15) is 24.3 Å². The van der Waals surface area contributed by atoms with E-state index in [1.165, 1.54) is 10.4 Å². The smallest absolute Gasteiger partial charge is 0.226 e. The third-order valence-corrected chi connectivity index (χ3v) is 4.22. The molecule has 3 heterocycles. The standard InChI is InChI=1S/C14H18N6S/c1-3-9-5-6-21-10(9)7-16-12-11-13(18-8-17-11)20-14(19-12)15-4-2/h5-6,8H,3-4,7H2,1-2H3,(H3,15,16,17,18,19,20). The molecule has 0 spiro atoms. The highest BCUT2D eigenvalue weighted by Gasteiger charge is 2.10. The van der Waals surface area contributed by atoms with E-state index in [0.717, 1.165) is 30.8 Å². The van der Waals surface area contributed by atoms with Crippen molar-refractivity contribution in [3.8, 4) is 0 Å². The fourth-order valence-electron chi connectivity index (χ4n) is 2.20. The Hall–Kier alpha value is -2.15. The average Bonchev–Trinajstić information content (AvgIpc) is 3.13. The van der Waals surface area contributed by atoms with Crippen LogP contribution in [-0.4, -0.2) is 26.5 Å². The van der Waals surface area contributed by atoms with Gasteiger partial charge in [0.1, 0.15) is 5.52 Å². The fourth-order valence-corrected chi connectivity index (χ4v) is 3.12.